The number of aryl methyl sites for hydroxylation is 1. The van der Waals surface area contributed by atoms with Crippen molar-refractivity contribution >= 4 is 35.0 Å². The van der Waals surface area contributed by atoms with Gasteiger partial charge in [0, 0.05) is 10.6 Å². The van der Waals surface area contributed by atoms with Crippen LogP contribution in [0.4, 0.5) is 0 Å². The van der Waals surface area contributed by atoms with E-state index in [0.29, 0.717) is 11.3 Å². The molecule has 20 heavy (non-hydrogen) atoms. The Balaban J connectivity index is 2.06. The Kier molecular flexibility index (Phi) is 5.10. The number of fused-ring (bicyclic) bond motifs is 1. The van der Waals surface area contributed by atoms with Crippen LogP contribution in [0.25, 0.3) is 0 Å². The monoisotopic (exact) mass is 313 g/mol. The number of thiophene rings is 1. The van der Waals surface area contributed by atoms with Crippen LogP contribution in [-0.2, 0) is 17.0 Å². The second kappa shape index (κ2) is 6.63. The van der Waals surface area contributed by atoms with Crippen LogP contribution in [0.5, 0.6) is 0 Å². The van der Waals surface area contributed by atoms with Crippen molar-refractivity contribution in [3.63, 3.8) is 0 Å². The van der Waals surface area contributed by atoms with E-state index in [0.717, 1.165) is 17.9 Å². The molecule has 1 aliphatic rings. The van der Waals surface area contributed by atoms with Crippen LogP contribution in [0, 0.1) is 5.92 Å². The fraction of sp³-hybridized carbons (Fsp3) is 0.571. The molecule has 4 nitrogen and oxygen atoms in total. The van der Waals surface area contributed by atoms with Gasteiger partial charge in [0.05, 0.1) is 4.88 Å². The minimum atomic E-state index is -0.969. The average molecular weight is 313 g/mol. The Morgan fingerprint density at radius 2 is 2.20 bits per heavy atom. The van der Waals surface area contributed by atoms with Crippen molar-refractivity contribution in [1.82, 2.24) is 5.32 Å². The summed E-state index contributed by atoms with van der Waals surface area (Å²) < 4.78 is 0. The second-order valence-corrected chi connectivity index (χ2v) is 7.60. The van der Waals surface area contributed by atoms with Crippen molar-refractivity contribution in [2.24, 2.45) is 5.92 Å². The summed E-state index contributed by atoms with van der Waals surface area (Å²) in [4.78, 5) is 25.3. The molecular formula is C14H19NO3S2. The van der Waals surface area contributed by atoms with Gasteiger partial charge in [-0.05, 0) is 36.1 Å². The molecule has 0 saturated heterocycles. The Labute approximate surface area is 127 Å². The first kappa shape index (κ1) is 15.4. The molecule has 1 aliphatic heterocycles. The number of carbonyl (C=O) groups is 2. The Bertz CT molecular complexity index is 487. The number of thioether (sulfide) groups is 1. The van der Waals surface area contributed by atoms with Gasteiger partial charge in [-0.1, -0.05) is 13.8 Å². The summed E-state index contributed by atoms with van der Waals surface area (Å²) in [6, 6.07) is 1.10. The van der Waals surface area contributed by atoms with E-state index < -0.39 is 12.0 Å². The average Bonchev–Trinajstić information content (AvgIpc) is 2.81. The number of amides is 1. The predicted molar refractivity (Wildman–Crippen MR) is 82.5 cm³/mol. The number of carboxylic acid groups (broad SMARTS) is 1. The summed E-state index contributed by atoms with van der Waals surface area (Å²) in [6.07, 6.45) is 1.45. The fourth-order valence-electron chi connectivity index (χ4n) is 2.18. The van der Waals surface area contributed by atoms with Crippen molar-refractivity contribution in [1.29, 1.82) is 0 Å². The highest BCUT2D eigenvalue weighted by Gasteiger charge is 2.24. The van der Waals surface area contributed by atoms with Gasteiger partial charge in [0.1, 0.15) is 6.04 Å². The summed E-state index contributed by atoms with van der Waals surface area (Å²) in [6.45, 7) is 3.90. The Morgan fingerprint density at radius 3 is 2.80 bits per heavy atom. The largest absolute Gasteiger partial charge is 0.480 e. The molecule has 0 aliphatic carbocycles. The first-order valence-electron chi connectivity index (χ1n) is 6.70. The fourth-order valence-corrected chi connectivity index (χ4v) is 4.46. The maximum Gasteiger partial charge on any atom is 0.326 e. The minimum Gasteiger partial charge on any atom is -0.480 e. The van der Waals surface area contributed by atoms with Crippen molar-refractivity contribution in [3.05, 3.63) is 21.4 Å². The van der Waals surface area contributed by atoms with Crippen LogP contribution in [0.3, 0.4) is 0 Å². The van der Waals surface area contributed by atoms with Crippen molar-refractivity contribution < 1.29 is 14.7 Å². The van der Waals surface area contributed by atoms with Gasteiger partial charge in [-0.2, -0.15) is 11.8 Å². The molecule has 1 amide bonds. The second-order valence-electron chi connectivity index (χ2n) is 5.36. The third kappa shape index (κ3) is 3.76. The SMILES string of the molecule is CC(C)C[C@@H](NC(=O)c1cc2c(s1)CCSC2)C(=O)O. The van der Waals surface area contributed by atoms with E-state index in [1.165, 1.54) is 21.8 Å². The number of carbonyl (C=O) groups excluding carboxylic acids is 1. The molecule has 0 spiro atoms. The number of nitrogens with one attached hydrogen (secondary N) is 1. The first-order chi connectivity index (χ1) is 9.47. The summed E-state index contributed by atoms with van der Waals surface area (Å²) in [5, 5.41) is 11.8. The maximum absolute atomic E-state index is 12.2. The molecule has 2 N–H and O–H groups in total. The van der Waals surface area contributed by atoms with E-state index in [9.17, 15) is 9.59 Å². The van der Waals surface area contributed by atoms with Crippen LogP contribution in [-0.4, -0.2) is 28.8 Å². The molecule has 0 fully saturated rings. The summed E-state index contributed by atoms with van der Waals surface area (Å²) in [5.41, 5.74) is 1.23. The van der Waals surface area contributed by atoms with E-state index in [4.69, 9.17) is 5.11 Å². The molecule has 2 rings (SSSR count). The molecule has 1 aromatic heterocycles. The van der Waals surface area contributed by atoms with Crippen molar-refractivity contribution in [2.45, 2.75) is 38.5 Å². The van der Waals surface area contributed by atoms with Gasteiger partial charge in [-0.15, -0.1) is 11.3 Å². The number of aliphatic carboxylic acids is 1. The van der Waals surface area contributed by atoms with E-state index in [1.54, 1.807) is 0 Å². The van der Waals surface area contributed by atoms with E-state index in [-0.39, 0.29) is 11.8 Å². The number of carboxylic acids is 1. The molecule has 0 aromatic carbocycles. The van der Waals surface area contributed by atoms with Crippen LogP contribution >= 0.6 is 23.1 Å². The van der Waals surface area contributed by atoms with E-state index >= 15 is 0 Å². The Hall–Kier alpha value is -1.01. The molecule has 110 valence electrons. The lowest BCUT2D eigenvalue weighted by molar-refractivity contribution is -0.139. The number of hydrogen-bond acceptors (Lipinski definition) is 4. The summed E-state index contributed by atoms with van der Waals surface area (Å²) in [7, 11) is 0. The summed E-state index contributed by atoms with van der Waals surface area (Å²) >= 11 is 3.37. The van der Waals surface area contributed by atoms with Crippen molar-refractivity contribution in [2.75, 3.05) is 5.75 Å². The molecule has 0 saturated carbocycles. The zero-order chi connectivity index (χ0) is 14.7. The van der Waals surface area contributed by atoms with Crippen LogP contribution in [0.15, 0.2) is 6.07 Å². The topological polar surface area (TPSA) is 66.4 Å². The highest BCUT2D eigenvalue weighted by Crippen LogP contribution is 2.31. The zero-order valence-corrected chi connectivity index (χ0v) is 13.3. The number of rotatable bonds is 5. The lowest BCUT2D eigenvalue weighted by Crippen LogP contribution is -2.41. The Morgan fingerprint density at radius 1 is 1.45 bits per heavy atom. The molecule has 1 aromatic rings. The maximum atomic E-state index is 12.2. The predicted octanol–water partition coefficient (Wildman–Crippen LogP) is 2.77. The zero-order valence-electron chi connectivity index (χ0n) is 11.6. The minimum absolute atomic E-state index is 0.226. The molecule has 2 heterocycles. The van der Waals surface area contributed by atoms with Crippen LogP contribution < -0.4 is 5.32 Å². The molecular weight excluding hydrogens is 294 g/mol. The molecule has 1 atom stereocenters. The smallest absolute Gasteiger partial charge is 0.326 e. The van der Waals surface area contributed by atoms with E-state index in [1.807, 2.05) is 31.7 Å². The van der Waals surface area contributed by atoms with Gasteiger partial charge in [-0.25, -0.2) is 4.79 Å². The quantitative estimate of drug-likeness (QED) is 0.877. The van der Waals surface area contributed by atoms with Crippen LogP contribution in [0.2, 0.25) is 0 Å². The van der Waals surface area contributed by atoms with Gasteiger partial charge in [0.25, 0.3) is 5.91 Å². The van der Waals surface area contributed by atoms with Gasteiger partial charge >= 0.3 is 5.97 Å². The standard InChI is InChI=1S/C14H19NO3S2/c1-8(2)5-10(14(17)18)15-13(16)12-6-9-7-19-4-3-11(9)20-12/h6,8,10H,3-5,7H2,1-2H3,(H,15,16)(H,17,18)/t10-/m1/s1. The van der Waals surface area contributed by atoms with Gasteiger partial charge in [0.15, 0.2) is 0 Å². The lowest BCUT2D eigenvalue weighted by atomic mass is 10.0. The third-order valence-corrected chi connectivity index (χ3v) is 5.41. The van der Waals surface area contributed by atoms with Gasteiger partial charge in [0.2, 0.25) is 0 Å². The highest BCUT2D eigenvalue weighted by molar-refractivity contribution is 7.98. The summed E-state index contributed by atoms with van der Waals surface area (Å²) in [5.74, 6) is 1.04. The molecule has 0 unspecified atom stereocenters. The lowest BCUT2D eigenvalue weighted by Gasteiger charge is -2.15. The van der Waals surface area contributed by atoms with Crippen molar-refractivity contribution in [3.8, 4) is 0 Å². The molecule has 6 heteroatoms. The normalized spacial score (nSPS) is 15.8. The van der Waals surface area contributed by atoms with Gasteiger partial charge in [-0.3, -0.25) is 4.79 Å². The van der Waals surface area contributed by atoms with Gasteiger partial charge < -0.3 is 10.4 Å². The van der Waals surface area contributed by atoms with E-state index in [2.05, 4.69) is 5.32 Å². The molecule has 0 radical (unpaired) electrons. The number of hydrogen-bond donors (Lipinski definition) is 2. The first-order valence-corrected chi connectivity index (χ1v) is 8.67. The highest BCUT2D eigenvalue weighted by atomic mass is 32.2. The third-order valence-electron chi connectivity index (χ3n) is 3.16. The molecule has 0 bridgehead atoms. The van der Waals surface area contributed by atoms with Crippen LogP contribution in [0.1, 0.15) is 40.4 Å².